The van der Waals surface area contributed by atoms with Crippen LogP contribution in [0.15, 0.2) is 102 Å². The summed E-state index contributed by atoms with van der Waals surface area (Å²) < 4.78 is 14.6. The summed E-state index contributed by atoms with van der Waals surface area (Å²) in [5, 5.41) is 5.61. The van der Waals surface area contributed by atoms with E-state index in [0.717, 1.165) is 11.1 Å². The van der Waals surface area contributed by atoms with Gasteiger partial charge in [0.1, 0.15) is 11.4 Å². The molecule has 2 amide bonds. The quantitative estimate of drug-likeness (QED) is 0.409. The Balaban J connectivity index is 1.40. The van der Waals surface area contributed by atoms with Crippen LogP contribution in [0.4, 0.5) is 10.1 Å². The van der Waals surface area contributed by atoms with E-state index in [2.05, 4.69) is 10.6 Å². The van der Waals surface area contributed by atoms with Gasteiger partial charge in [-0.2, -0.15) is 0 Å². The van der Waals surface area contributed by atoms with Gasteiger partial charge in [0.15, 0.2) is 0 Å². The zero-order valence-corrected chi connectivity index (χ0v) is 19.1. The normalized spacial score (nSPS) is 11.5. The lowest BCUT2D eigenvalue weighted by atomic mass is 10.1. The van der Waals surface area contributed by atoms with E-state index in [1.165, 1.54) is 34.9 Å². The van der Waals surface area contributed by atoms with E-state index >= 15 is 0 Å². The van der Waals surface area contributed by atoms with Crippen LogP contribution in [0, 0.1) is 5.82 Å². The molecule has 35 heavy (non-hydrogen) atoms. The molecular weight excluding hydrogens is 445 g/mol. The van der Waals surface area contributed by atoms with Crippen LogP contribution < -0.4 is 16.2 Å². The Bertz CT molecular complexity index is 1380. The van der Waals surface area contributed by atoms with Gasteiger partial charge in [0.2, 0.25) is 0 Å². The number of benzene rings is 3. The molecule has 0 saturated carbocycles. The first-order chi connectivity index (χ1) is 16.9. The Morgan fingerprint density at radius 2 is 1.54 bits per heavy atom. The first kappa shape index (κ1) is 23.6. The molecule has 6 nitrogen and oxygen atoms in total. The molecule has 2 N–H and O–H groups in total. The van der Waals surface area contributed by atoms with Crippen LogP contribution >= 0.6 is 0 Å². The van der Waals surface area contributed by atoms with Gasteiger partial charge < -0.3 is 15.2 Å². The van der Waals surface area contributed by atoms with Crippen molar-refractivity contribution in [1.29, 1.82) is 0 Å². The average molecular weight is 470 g/mol. The largest absolute Gasteiger partial charge is 0.345 e. The molecule has 0 fully saturated rings. The highest BCUT2D eigenvalue weighted by atomic mass is 19.1. The molecule has 0 radical (unpaired) electrons. The molecule has 0 aliphatic heterocycles. The zero-order chi connectivity index (χ0) is 24.8. The third-order valence-electron chi connectivity index (χ3n) is 5.58. The van der Waals surface area contributed by atoms with Crippen molar-refractivity contribution >= 4 is 17.5 Å². The summed E-state index contributed by atoms with van der Waals surface area (Å²) in [5.74, 6) is -1.22. The molecule has 0 spiro atoms. The van der Waals surface area contributed by atoms with Crippen LogP contribution in [0.1, 0.15) is 44.8 Å². The molecule has 7 heteroatoms. The van der Waals surface area contributed by atoms with Crippen molar-refractivity contribution in [3.05, 3.63) is 136 Å². The first-order valence-corrected chi connectivity index (χ1v) is 11.1. The third kappa shape index (κ3) is 5.89. The van der Waals surface area contributed by atoms with E-state index in [4.69, 9.17) is 0 Å². The minimum atomic E-state index is -0.460. The standard InChI is InChI=1S/C28H24FN3O3/c1-19(21-11-15-24(16-12-21)31-26(33)22-9-13-23(29)14-10-22)30-27(34)25-8-5-17-32(28(25)35)18-20-6-3-2-4-7-20/h2-17,19H,18H2,1H3,(H,30,34)(H,31,33). The SMILES string of the molecule is CC(NC(=O)c1cccn(Cc2ccccc2)c1=O)c1ccc(NC(=O)c2ccc(F)cc2)cc1. The monoisotopic (exact) mass is 469 g/mol. The molecular formula is C28H24FN3O3. The summed E-state index contributed by atoms with van der Waals surface area (Å²) in [5.41, 5.74) is 2.38. The Kier molecular flexibility index (Phi) is 7.16. The van der Waals surface area contributed by atoms with E-state index in [9.17, 15) is 18.8 Å². The average Bonchev–Trinajstić information content (AvgIpc) is 2.86. The molecule has 0 saturated heterocycles. The highest BCUT2D eigenvalue weighted by Gasteiger charge is 2.16. The van der Waals surface area contributed by atoms with E-state index in [-0.39, 0.29) is 23.1 Å². The fourth-order valence-corrected chi connectivity index (χ4v) is 3.63. The fourth-order valence-electron chi connectivity index (χ4n) is 3.63. The van der Waals surface area contributed by atoms with Crippen molar-refractivity contribution in [3.8, 4) is 0 Å². The zero-order valence-electron chi connectivity index (χ0n) is 19.1. The number of halogens is 1. The molecule has 0 aliphatic carbocycles. The maximum Gasteiger partial charge on any atom is 0.263 e. The van der Waals surface area contributed by atoms with E-state index in [1.54, 1.807) is 36.5 Å². The molecule has 1 unspecified atom stereocenters. The van der Waals surface area contributed by atoms with Crippen LogP contribution in [0.5, 0.6) is 0 Å². The van der Waals surface area contributed by atoms with Gasteiger partial charge in [0.05, 0.1) is 12.6 Å². The molecule has 0 aliphatic rings. The number of hydrogen-bond donors (Lipinski definition) is 2. The van der Waals surface area contributed by atoms with Crippen LogP contribution in [0.2, 0.25) is 0 Å². The Labute approximate surface area is 202 Å². The minimum Gasteiger partial charge on any atom is -0.345 e. The number of rotatable bonds is 7. The van der Waals surface area contributed by atoms with Gasteiger partial charge in [-0.15, -0.1) is 0 Å². The predicted octanol–water partition coefficient (Wildman–Crippen LogP) is 4.78. The maximum atomic E-state index is 13.0. The summed E-state index contributed by atoms with van der Waals surface area (Å²) in [6.45, 7) is 2.19. The molecule has 1 atom stereocenters. The Hall–Kier alpha value is -4.52. The van der Waals surface area contributed by atoms with Crippen molar-refractivity contribution in [2.75, 3.05) is 5.32 Å². The number of hydrogen-bond acceptors (Lipinski definition) is 3. The maximum absolute atomic E-state index is 13.0. The lowest BCUT2D eigenvalue weighted by Gasteiger charge is -2.15. The number of pyridine rings is 1. The minimum absolute atomic E-state index is 0.0680. The van der Waals surface area contributed by atoms with Gasteiger partial charge >= 0.3 is 0 Å². The first-order valence-electron chi connectivity index (χ1n) is 11.1. The Morgan fingerprint density at radius 3 is 2.23 bits per heavy atom. The van der Waals surface area contributed by atoms with Gasteiger partial charge in [-0.05, 0) is 66.6 Å². The van der Waals surface area contributed by atoms with E-state index in [1.807, 2.05) is 37.3 Å². The van der Waals surface area contributed by atoms with Crippen LogP contribution in [0.25, 0.3) is 0 Å². The number of amides is 2. The number of nitrogens with one attached hydrogen (secondary N) is 2. The second-order valence-corrected chi connectivity index (χ2v) is 8.12. The summed E-state index contributed by atoms with van der Waals surface area (Å²) >= 11 is 0. The number of aromatic nitrogens is 1. The van der Waals surface area contributed by atoms with Crippen LogP contribution in [-0.4, -0.2) is 16.4 Å². The summed E-state index contributed by atoms with van der Waals surface area (Å²) in [7, 11) is 0. The molecule has 176 valence electrons. The highest BCUT2D eigenvalue weighted by molar-refractivity contribution is 6.04. The molecule has 4 aromatic rings. The van der Waals surface area contributed by atoms with Crippen LogP contribution in [-0.2, 0) is 6.54 Å². The lowest BCUT2D eigenvalue weighted by Crippen LogP contribution is -2.34. The van der Waals surface area contributed by atoms with Gasteiger partial charge in [0.25, 0.3) is 17.4 Å². The van der Waals surface area contributed by atoms with E-state index in [0.29, 0.717) is 17.8 Å². The molecule has 1 aromatic heterocycles. The predicted molar refractivity (Wildman–Crippen MR) is 133 cm³/mol. The number of carbonyl (C=O) groups is 2. The number of nitrogens with zero attached hydrogens (tertiary/aromatic N) is 1. The summed E-state index contributed by atoms with van der Waals surface area (Å²) in [6, 6.07) is 24.7. The molecule has 4 rings (SSSR count). The summed E-state index contributed by atoms with van der Waals surface area (Å²) in [4.78, 5) is 38.0. The van der Waals surface area contributed by atoms with E-state index < -0.39 is 11.7 Å². The second-order valence-electron chi connectivity index (χ2n) is 8.12. The van der Waals surface area contributed by atoms with Crippen LogP contribution in [0.3, 0.4) is 0 Å². The highest BCUT2D eigenvalue weighted by Crippen LogP contribution is 2.17. The molecule has 1 heterocycles. The van der Waals surface area contributed by atoms with Crippen molar-refractivity contribution in [1.82, 2.24) is 9.88 Å². The number of anilines is 1. The van der Waals surface area contributed by atoms with Gasteiger partial charge in [-0.1, -0.05) is 42.5 Å². The van der Waals surface area contributed by atoms with Crippen molar-refractivity contribution in [2.45, 2.75) is 19.5 Å². The second kappa shape index (κ2) is 10.6. The van der Waals surface area contributed by atoms with Gasteiger partial charge in [0, 0.05) is 17.4 Å². The van der Waals surface area contributed by atoms with Gasteiger partial charge in [-0.25, -0.2) is 4.39 Å². The summed E-state index contributed by atoms with van der Waals surface area (Å²) in [6.07, 6.45) is 1.66. The molecule has 3 aromatic carbocycles. The van der Waals surface area contributed by atoms with Gasteiger partial charge in [-0.3, -0.25) is 14.4 Å². The number of carbonyl (C=O) groups excluding carboxylic acids is 2. The van der Waals surface area contributed by atoms with Crippen molar-refractivity contribution < 1.29 is 14.0 Å². The lowest BCUT2D eigenvalue weighted by molar-refractivity contribution is 0.0937. The Morgan fingerprint density at radius 1 is 0.857 bits per heavy atom. The topological polar surface area (TPSA) is 80.2 Å². The molecule has 0 bridgehead atoms. The van der Waals surface area contributed by atoms with Crippen molar-refractivity contribution in [2.24, 2.45) is 0 Å². The third-order valence-corrected chi connectivity index (χ3v) is 5.58. The fraction of sp³-hybridized carbons (Fsp3) is 0.107. The van der Waals surface area contributed by atoms with Crippen molar-refractivity contribution in [3.63, 3.8) is 0 Å². The smallest absolute Gasteiger partial charge is 0.263 e.